The van der Waals surface area contributed by atoms with Gasteiger partial charge in [-0.1, -0.05) is 18.7 Å². The lowest BCUT2D eigenvalue weighted by Crippen LogP contribution is -2.10. The van der Waals surface area contributed by atoms with Crippen molar-refractivity contribution in [3.05, 3.63) is 30.3 Å². The predicted molar refractivity (Wildman–Crippen MR) is 57.4 cm³/mol. The van der Waals surface area contributed by atoms with Gasteiger partial charge in [0.1, 0.15) is 5.75 Å². The van der Waals surface area contributed by atoms with E-state index in [-0.39, 0.29) is 0 Å². The lowest BCUT2D eigenvalue weighted by molar-refractivity contribution is 0.414. The minimum Gasteiger partial charge on any atom is -0.496 e. The molecule has 0 saturated heterocycles. The summed E-state index contributed by atoms with van der Waals surface area (Å²) in [7, 11) is 5.67. The average Bonchev–Trinajstić information content (AvgIpc) is 2.16. The maximum atomic E-state index is 5.23. The molecule has 1 aromatic carbocycles. The van der Waals surface area contributed by atoms with Crippen LogP contribution in [0.15, 0.2) is 24.8 Å². The molecule has 0 aliphatic rings. The Morgan fingerprint density at radius 3 is 2.54 bits per heavy atom. The molecule has 0 aliphatic carbocycles. The van der Waals surface area contributed by atoms with Crippen molar-refractivity contribution in [3.63, 3.8) is 0 Å². The van der Waals surface area contributed by atoms with Gasteiger partial charge in [-0.3, -0.25) is 0 Å². The van der Waals surface area contributed by atoms with E-state index in [1.165, 1.54) is 0 Å². The second kappa shape index (κ2) is 3.99. The standard InChI is InChI=1S/C11H15NO/c1-5-9-10(12(2)3)7-6-8-11(9)13-4/h5-8H,1H2,2-4H3. The van der Waals surface area contributed by atoms with E-state index in [0.29, 0.717) is 0 Å². The van der Waals surface area contributed by atoms with Crippen molar-refractivity contribution in [2.24, 2.45) is 0 Å². The van der Waals surface area contributed by atoms with Crippen molar-refractivity contribution in [2.45, 2.75) is 0 Å². The fourth-order valence-electron chi connectivity index (χ4n) is 1.31. The van der Waals surface area contributed by atoms with Crippen LogP contribution in [-0.2, 0) is 0 Å². The Balaban J connectivity index is 3.27. The number of hydrogen-bond acceptors (Lipinski definition) is 2. The summed E-state index contributed by atoms with van der Waals surface area (Å²) >= 11 is 0. The van der Waals surface area contributed by atoms with Crippen molar-refractivity contribution < 1.29 is 4.74 Å². The van der Waals surface area contributed by atoms with Gasteiger partial charge < -0.3 is 9.64 Å². The first kappa shape index (κ1) is 9.65. The summed E-state index contributed by atoms with van der Waals surface area (Å²) in [5, 5.41) is 0. The fraction of sp³-hybridized carbons (Fsp3) is 0.273. The molecule has 0 atom stereocenters. The lowest BCUT2D eigenvalue weighted by Gasteiger charge is -2.17. The Morgan fingerprint density at radius 1 is 1.38 bits per heavy atom. The normalized spacial score (nSPS) is 9.46. The average molecular weight is 177 g/mol. The van der Waals surface area contributed by atoms with Crippen molar-refractivity contribution in [3.8, 4) is 5.75 Å². The van der Waals surface area contributed by atoms with Gasteiger partial charge in [0, 0.05) is 25.3 Å². The quantitative estimate of drug-likeness (QED) is 0.703. The third kappa shape index (κ3) is 1.83. The number of nitrogens with zero attached hydrogens (tertiary/aromatic N) is 1. The van der Waals surface area contributed by atoms with Gasteiger partial charge in [-0.05, 0) is 12.1 Å². The fourth-order valence-corrected chi connectivity index (χ4v) is 1.31. The highest BCUT2D eigenvalue weighted by atomic mass is 16.5. The molecule has 0 amide bonds. The number of anilines is 1. The van der Waals surface area contributed by atoms with Crippen LogP contribution in [-0.4, -0.2) is 21.2 Å². The second-order valence-corrected chi connectivity index (χ2v) is 2.99. The first-order chi connectivity index (χ1) is 6.20. The molecule has 2 heteroatoms. The van der Waals surface area contributed by atoms with E-state index in [1.54, 1.807) is 7.11 Å². The highest BCUT2D eigenvalue weighted by Gasteiger charge is 2.06. The van der Waals surface area contributed by atoms with E-state index in [4.69, 9.17) is 4.74 Å². The van der Waals surface area contributed by atoms with Crippen LogP contribution in [0.1, 0.15) is 5.56 Å². The van der Waals surface area contributed by atoms with Crippen LogP contribution in [0.4, 0.5) is 5.69 Å². The maximum absolute atomic E-state index is 5.23. The molecule has 0 radical (unpaired) electrons. The van der Waals surface area contributed by atoms with Crippen LogP contribution in [0.5, 0.6) is 5.75 Å². The molecule has 70 valence electrons. The predicted octanol–water partition coefficient (Wildman–Crippen LogP) is 2.40. The van der Waals surface area contributed by atoms with Gasteiger partial charge in [0.05, 0.1) is 7.11 Å². The van der Waals surface area contributed by atoms with Crippen molar-refractivity contribution in [2.75, 3.05) is 26.1 Å². The second-order valence-electron chi connectivity index (χ2n) is 2.99. The summed E-state index contributed by atoms with van der Waals surface area (Å²) in [6.07, 6.45) is 1.81. The Morgan fingerprint density at radius 2 is 2.08 bits per heavy atom. The molecule has 13 heavy (non-hydrogen) atoms. The van der Waals surface area contributed by atoms with Crippen molar-refractivity contribution in [1.29, 1.82) is 0 Å². The summed E-state index contributed by atoms with van der Waals surface area (Å²) in [5.74, 6) is 0.862. The molecule has 0 unspecified atom stereocenters. The monoisotopic (exact) mass is 177 g/mol. The van der Waals surface area contributed by atoms with Crippen molar-refractivity contribution >= 4 is 11.8 Å². The van der Waals surface area contributed by atoms with E-state index in [2.05, 4.69) is 6.58 Å². The van der Waals surface area contributed by atoms with E-state index in [1.807, 2.05) is 43.3 Å². The molecule has 0 spiro atoms. The molecule has 0 N–H and O–H groups in total. The first-order valence-electron chi connectivity index (χ1n) is 4.17. The van der Waals surface area contributed by atoms with Gasteiger partial charge >= 0.3 is 0 Å². The minimum absolute atomic E-state index is 0.862. The van der Waals surface area contributed by atoms with E-state index < -0.39 is 0 Å². The van der Waals surface area contributed by atoms with Gasteiger partial charge in [-0.15, -0.1) is 0 Å². The third-order valence-electron chi connectivity index (χ3n) is 1.95. The molecule has 1 aromatic rings. The van der Waals surface area contributed by atoms with Gasteiger partial charge in [0.2, 0.25) is 0 Å². The SMILES string of the molecule is C=Cc1c(OC)cccc1N(C)C. The van der Waals surface area contributed by atoms with E-state index >= 15 is 0 Å². The summed E-state index contributed by atoms with van der Waals surface area (Å²) in [4.78, 5) is 2.04. The van der Waals surface area contributed by atoms with Crippen LogP contribution in [0.2, 0.25) is 0 Å². The van der Waals surface area contributed by atoms with Gasteiger partial charge in [-0.2, -0.15) is 0 Å². The van der Waals surface area contributed by atoms with E-state index in [0.717, 1.165) is 17.0 Å². The smallest absolute Gasteiger partial charge is 0.128 e. The Hall–Kier alpha value is -1.44. The Kier molecular flexibility index (Phi) is 2.96. The Labute approximate surface area is 79.4 Å². The Bertz CT molecular complexity index is 305. The summed E-state index contributed by atoms with van der Waals surface area (Å²) in [5.41, 5.74) is 2.16. The molecule has 0 heterocycles. The van der Waals surface area contributed by atoms with Crippen LogP contribution >= 0.6 is 0 Å². The maximum Gasteiger partial charge on any atom is 0.128 e. The molecule has 0 bridgehead atoms. The zero-order chi connectivity index (χ0) is 9.84. The van der Waals surface area contributed by atoms with Crippen LogP contribution in [0.25, 0.3) is 6.08 Å². The molecule has 0 aliphatic heterocycles. The number of methoxy groups -OCH3 is 1. The number of rotatable bonds is 3. The van der Waals surface area contributed by atoms with Crippen LogP contribution in [0.3, 0.4) is 0 Å². The zero-order valence-electron chi connectivity index (χ0n) is 8.37. The molecular weight excluding hydrogens is 162 g/mol. The van der Waals surface area contributed by atoms with Crippen LogP contribution < -0.4 is 9.64 Å². The van der Waals surface area contributed by atoms with Crippen molar-refractivity contribution in [1.82, 2.24) is 0 Å². The van der Waals surface area contributed by atoms with Gasteiger partial charge in [-0.25, -0.2) is 0 Å². The molecule has 0 saturated carbocycles. The minimum atomic E-state index is 0.862. The molecular formula is C11H15NO. The summed E-state index contributed by atoms with van der Waals surface area (Å²) in [6, 6.07) is 5.95. The number of benzene rings is 1. The molecule has 1 rings (SSSR count). The largest absolute Gasteiger partial charge is 0.496 e. The topological polar surface area (TPSA) is 12.5 Å². The molecule has 0 aromatic heterocycles. The lowest BCUT2D eigenvalue weighted by atomic mass is 10.1. The molecule has 2 nitrogen and oxygen atoms in total. The van der Waals surface area contributed by atoms with Gasteiger partial charge in [0.25, 0.3) is 0 Å². The highest BCUT2D eigenvalue weighted by molar-refractivity contribution is 5.71. The molecule has 0 fully saturated rings. The zero-order valence-corrected chi connectivity index (χ0v) is 8.37. The van der Waals surface area contributed by atoms with Crippen LogP contribution in [0, 0.1) is 0 Å². The summed E-state index contributed by atoms with van der Waals surface area (Å²) in [6.45, 7) is 3.78. The van der Waals surface area contributed by atoms with Gasteiger partial charge in [0.15, 0.2) is 0 Å². The number of ether oxygens (including phenoxy) is 1. The number of hydrogen-bond donors (Lipinski definition) is 0. The summed E-state index contributed by atoms with van der Waals surface area (Å²) < 4.78 is 5.23. The third-order valence-corrected chi connectivity index (χ3v) is 1.95. The first-order valence-corrected chi connectivity index (χ1v) is 4.17. The highest BCUT2D eigenvalue weighted by Crippen LogP contribution is 2.28. The van der Waals surface area contributed by atoms with E-state index in [9.17, 15) is 0 Å².